The zero-order valence-electron chi connectivity index (χ0n) is 11.1. The van der Waals surface area contributed by atoms with Crippen LogP contribution in [0.2, 0.25) is 0 Å². The molecule has 16 heavy (non-hydrogen) atoms. The maximum Gasteiger partial charge on any atom is 0.00887 e. The number of allylic oxidation sites excluding steroid dienone is 1. The van der Waals surface area contributed by atoms with Crippen LogP contribution in [0, 0.1) is 11.8 Å². The van der Waals surface area contributed by atoms with Crippen LogP contribution >= 0.6 is 0 Å². The Kier molecular flexibility index (Phi) is 13.7. The van der Waals surface area contributed by atoms with E-state index in [-0.39, 0.29) is 0 Å². The molecule has 0 amide bonds. The van der Waals surface area contributed by atoms with E-state index in [1.165, 1.54) is 51.4 Å². The van der Waals surface area contributed by atoms with Crippen LogP contribution in [-0.2, 0) is 0 Å². The van der Waals surface area contributed by atoms with Gasteiger partial charge in [0.25, 0.3) is 0 Å². The standard InChI is InChI=1S/C16H28/c1-3-5-7-9-11-13-15-16-14-12-10-8-6-4-2/h3H,1,4-12,14,16H2,2H3. The summed E-state index contributed by atoms with van der Waals surface area (Å²) < 4.78 is 0. The van der Waals surface area contributed by atoms with Crippen molar-refractivity contribution < 1.29 is 0 Å². The highest BCUT2D eigenvalue weighted by molar-refractivity contribution is 4.98. The summed E-state index contributed by atoms with van der Waals surface area (Å²) >= 11 is 0. The van der Waals surface area contributed by atoms with Gasteiger partial charge < -0.3 is 0 Å². The molecular weight excluding hydrogens is 192 g/mol. The molecule has 0 aliphatic rings. The average Bonchev–Trinajstić information content (AvgIpc) is 2.31. The van der Waals surface area contributed by atoms with Crippen molar-refractivity contribution in [1.82, 2.24) is 0 Å². The van der Waals surface area contributed by atoms with Crippen molar-refractivity contribution in [2.75, 3.05) is 0 Å². The summed E-state index contributed by atoms with van der Waals surface area (Å²) in [6, 6.07) is 0. The van der Waals surface area contributed by atoms with Crippen LogP contribution in [0.4, 0.5) is 0 Å². The highest BCUT2D eigenvalue weighted by atomic mass is 13.9. The fourth-order valence-corrected chi connectivity index (χ4v) is 1.67. The smallest absolute Gasteiger partial charge is 0.00887 e. The molecule has 0 saturated carbocycles. The number of unbranched alkanes of at least 4 members (excludes halogenated alkanes) is 9. The number of rotatable bonds is 10. The summed E-state index contributed by atoms with van der Waals surface area (Å²) in [5, 5.41) is 0. The summed E-state index contributed by atoms with van der Waals surface area (Å²) in [5.41, 5.74) is 0. The van der Waals surface area contributed by atoms with Crippen LogP contribution in [0.1, 0.15) is 77.6 Å². The van der Waals surface area contributed by atoms with Crippen molar-refractivity contribution in [2.24, 2.45) is 0 Å². The maximum atomic E-state index is 3.71. The van der Waals surface area contributed by atoms with Gasteiger partial charge in [-0.1, -0.05) is 45.1 Å². The van der Waals surface area contributed by atoms with Gasteiger partial charge in [0.1, 0.15) is 0 Å². The minimum atomic E-state index is 1.07. The Morgan fingerprint density at radius 2 is 1.38 bits per heavy atom. The van der Waals surface area contributed by atoms with E-state index < -0.39 is 0 Å². The lowest BCUT2D eigenvalue weighted by atomic mass is 10.1. The first-order chi connectivity index (χ1) is 7.91. The SMILES string of the molecule is C=CCCCCC#CCCCCCCCC. The largest absolute Gasteiger partial charge is 0.103 e. The van der Waals surface area contributed by atoms with E-state index in [1.54, 1.807) is 0 Å². The third-order valence-electron chi connectivity index (χ3n) is 2.74. The van der Waals surface area contributed by atoms with Gasteiger partial charge in [-0.05, 0) is 25.7 Å². The van der Waals surface area contributed by atoms with Crippen molar-refractivity contribution in [3.63, 3.8) is 0 Å². The van der Waals surface area contributed by atoms with Crippen LogP contribution in [0.5, 0.6) is 0 Å². The van der Waals surface area contributed by atoms with Crippen LogP contribution in [-0.4, -0.2) is 0 Å². The molecule has 0 saturated heterocycles. The molecule has 0 radical (unpaired) electrons. The molecule has 0 N–H and O–H groups in total. The second-order valence-electron chi connectivity index (χ2n) is 4.41. The lowest BCUT2D eigenvalue weighted by molar-refractivity contribution is 0.613. The molecule has 0 unspecified atom stereocenters. The first-order valence-corrected chi connectivity index (χ1v) is 6.98. The highest BCUT2D eigenvalue weighted by Gasteiger charge is 1.87. The Morgan fingerprint density at radius 1 is 0.812 bits per heavy atom. The molecule has 0 heterocycles. The third kappa shape index (κ3) is 13.3. The quantitative estimate of drug-likeness (QED) is 0.259. The summed E-state index contributed by atoms with van der Waals surface area (Å²) in [7, 11) is 0. The Bertz CT molecular complexity index is 192. The predicted molar refractivity (Wildman–Crippen MR) is 74.4 cm³/mol. The van der Waals surface area contributed by atoms with Gasteiger partial charge in [0.05, 0.1) is 0 Å². The minimum Gasteiger partial charge on any atom is -0.103 e. The molecule has 0 aromatic carbocycles. The zero-order chi connectivity index (χ0) is 11.9. The first kappa shape index (κ1) is 15.3. The van der Waals surface area contributed by atoms with E-state index in [0.717, 1.165) is 19.3 Å². The fraction of sp³-hybridized carbons (Fsp3) is 0.750. The van der Waals surface area contributed by atoms with Crippen LogP contribution in [0.25, 0.3) is 0 Å². The van der Waals surface area contributed by atoms with Gasteiger partial charge in [-0.3, -0.25) is 0 Å². The van der Waals surface area contributed by atoms with Gasteiger partial charge in [-0.25, -0.2) is 0 Å². The molecule has 0 aliphatic heterocycles. The second kappa shape index (κ2) is 14.3. The molecule has 0 atom stereocenters. The van der Waals surface area contributed by atoms with Crippen molar-refractivity contribution >= 4 is 0 Å². The van der Waals surface area contributed by atoms with Gasteiger partial charge in [0.15, 0.2) is 0 Å². The summed E-state index contributed by atoms with van der Waals surface area (Å²) in [5.74, 6) is 6.54. The molecule has 0 bridgehead atoms. The molecule has 92 valence electrons. The molecule has 0 aromatic heterocycles. The van der Waals surface area contributed by atoms with Gasteiger partial charge in [-0.2, -0.15) is 0 Å². The molecule has 0 fully saturated rings. The van der Waals surface area contributed by atoms with E-state index in [4.69, 9.17) is 0 Å². The molecule has 0 aliphatic carbocycles. The van der Waals surface area contributed by atoms with Crippen LogP contribution < -0.4 is 0 Å². The fourth-order valence-electron chi connectivity index (χ4n) is 1.67. The molecular formula is C16H28. The Labute approximate surface area is 103 Å². The lowest BCUT2D eigenvalue weighted by Gasteiger charge is -1.96. The highest BCUT2D eigenvalue weighted by Crippen LogP contribution is 2.06. The van der Waals surface area contributed by atoms with Crippen molar-refractivity contribution in [2.45, 2.75) is 77.6 Å². The molecule has 0 aromatic rings. The normalized spacial score (nSPS) is 9.56. The van der Waals surface area contributed by atoms with Crippen LogP contribution in [0.3, 0.4) is 0 Å². The van der Waals surface area contributed by atoms with E-state index in [1.807, 2.05) is 6.08 Å². The maximum absolute atomic E-state index is 3.71. The Hall–Kier alpha value is -0.700. The van der Waals surface area contributed by atoms with Gasteiger partial charge in [0, 0.05) is 12.8 Å². The Balaban J connectivity index is 3.06. The van der Waals surface area contributed by atoms with E-state index in [9.17, 15) is 0 Å². The molecule has 0 spiro atoms. The van der Waals surface area contributed by atoms with E-state index >= 15 is 0 Å². The molecule has 0 heteroatoms. The van der Waals surface area contributed by atoms with Crippen molar-refractivity contribution in [1.29, 1.82) is 0 Å². The molecule has 0 nitrogen and oxygen atoms in total. The zero-order valence-corrected chi connectivity index (χ0v) is 11.1. The van der Waals surface area contributed by atoms with Crippen molar-refractivity contribution in [3.8, 4) is 11.8 Å². The number of hydrogen-bond donors (Lipinski definition) is 0. The lowest BCUT2D eigenvalue weighted by Crippen LogP contribution is -1.78. The average molecular weight is 220 g/mol. The minimum absolute atomic E-state index is 1.07. The summed E-state index contributed by atoms with van der Waals surface area (Å²) in [4.78, 5) is 0. The van der Waals surface area contributed by atoms with Gasteiger partial charge >= 0.3 is 0 Å². The number of hydrogen-bond acceptors (Lipinski definition) is 0. The monoisotopic (exact) mass is 220 g/mol. The predicted octanol–water partition coefficient (Wildman–Crippen LogP) is 5.49. The van der Waals surface area contributed by atoms with Crippen molar-refractivity contribution in [3.05, 3.63) is 12.7 Å². The van der Waals surface area contributed by atoms with E-state index in [0.29, 0.717) is 0 Å². The van der Waals surface area contributed by atoms with Gasteiger partial charge in [0.2, 0.25) is 0 Å². The van der Waals surface area contributed by atoms with Crippen LogP contribution in [0.15, 0.2) is 12.7 Å². The van der Waals surface area contributed by atoms with Gasteiger partial charge in [-0.15, -0.1) is 18.4 Å². The first-order valence-electron chi connectivity index (χ1n) is 6.98. The topological polar surface area (TPSA) is 0 Å². The third-order valence-corrected chi connectivity index (χ3v) is 2.74. The Morgan fingerprint density at radius 3 is 2.00 bits per heavy atom. The van der Waals surface area contributed by atoms with E-state index in [2.05, 4.69) is 25.3 Å². The second-order valence-corrected chi connectivity index (χ2v) is 4.41. The summed E-state index contributed by atoms with van der Waals surface area (Å²) in [6.07, 6.45) is 16.0. The molecule has 0 rings (SSSR count). The summed E-state index contributed by atoms with van der Waals surface area (Å²) in [6.45, 7) is 5.98.